The van der Waals surface area contributed by atoms with Crippen LogP contribution < -0.4 is 10.2 Å². The zero-order valence-electron chi connectivity index (χ0n) is 25.4. The van der Waals surface area contributed by atoms with Crippen LogP contribution in [0.25, 0.3) is 0 Å². The van der Waals surface area contributed by atoms with Gasteiger partial charge in [0, 0.05) is 36.1 Å². The average Bonchev–Trinajstić information content (AvgIpc) is 3.33. The van der Waals surface area contributed by atoms with Crippen LogP contribution in [0, 0.1) is 11.5 Å². The Morgan fingerprint density at radius 1 is 1.07 bits per heavy atom. The third kappa shape index (κ3) is 7.65. The molecular weight excluding hydrogens is 514 g/mol. The first-order chi connectivity index (χ1) is 19.4. The lowest BCUT2D eigenvalue weighted by Crippen LogP contribution is -2.51. The maximum absolute atomic E-state index is 14.6. The third-order valence-electron chi connectivity index (χ3n) is 7.90. The SMILES string of the molecule is CC(C)(C)OC1CC(C(=O)N(c2ccc(C(C)(C)C)cc2)C(C(=O)NC2CCCCC2)c2cccnc2)N(C#N)C1. The van der Waals surface area contributed by atoms with E-state index in [0.29, 0.717) is 24.2 Å². The summed E-state index contributed by atoms with van der Waals surface area (Å²) >= 11 is 0. The summed E-state index contributed by atoms with van der Waals surface area (Å²) in [4.78, 5) is 36.1. The molecule has 1 saturated carbocycles. The predicted molar refractivity (Wildman–Crippen MR) is 160 cm³/mol. The molecule has 2 aliphatic rings. The molecule has 0 spiro atoms. The van der Waals surface area contributed by atoms with E-state index in [1.165, 1.54) is 11.3 Å². The number of carbonyl (C=O) groups excluding carboxylic acids is 2. The molecule has 3 unspecified atom stereocenters. The second-order valence-electron chi connectivity index (χ2n) is 13.4. The van der Waals surface area contributed by atoms with Gasteiger partial charge in [-0.1, -0.05) is 58.2 Å². The molecule has 1 aliphatic heterocycles. The summed E-state index contributed by atoms with van der Waals surface area (Å²) in [5.41, 5.74) is 1.86. The number of rotatable bonds is 7. The van der Waals surface area contributed by atoms with Crippen molar-refractivity contribution in [1.82, 2.24) is 15.2 Å². The van der Waals surface area contributed by atoms with Crippen molar-refractivity contribution in [3.05, 3.63) is 59.9 Å². The van der Waals surface area contributed by atoms with E-state index in [1.807, 2.05) is 51.1 Å². The van der Waals surface area contributed by atoms with Crippen molar-refractivity contribution in [2.45, 2.75) is 115 Å². The van der Waals surface area contributed by atoms with E-state index in [1.54, 1.807) is 23.4 Å². The molecule has 0 bridgehead atoms. The minimum absolute atomic E-state index is 0.0716. The van der Waals surface area contributed by atoms with Gasteiger partial charge in [0.2, 0.25) is 5.91 Å². The van der Waals surface area contributed by atoms with Crippen LogP contribution in [0.1, 0.15) is 97.2 Å². The summed E-state index contributed by atoms with van der Waals surface area (Å²) in [5, 5.41) is 13.3. The fourth-order valence-corrected chi connectivity index (χ4v) is 5.90. The first-order valence-corrected chi connectivity index (χ1v) is 14.9. The summed E-state index contributed by atoms with van der Waals surface area (Å²) in [6.45, 7) is 12.6. The largest absolute Gasteiger partial charge is 0.371 e. The molecule has 2 aromatic rings. The second kappa shape index (κ2) is 12.6. The van der Waals surface area contributed by atoms with Crippen molar-refractivity contribution in [3.8, 4) is 6.19 Å². The molecule has 1 aromatic carbocycles. The van der Waals surface area contributed by atoms with E-state index in [0.717, 1.165) is 31.2 Å². The summed E-state index contributed by atoms with van der Waals surface area (Å²) in [6, 6.07) is 9.83. The molecule has 8 heteroatoms. The van der Waals surface area contributed by atoms with Crippen molar-refractivity contribution in [1.29, 1.82) is 5.26 Å². The highest BCUT2D eigenvalue weighted by atomic mass is 16.5. The number of pyridine rings is 1. The predicted octanol–water partition coefficient (Wildman–Crippen LogP) is 5.64. The van der Waals surface area contributed by atoms with Gasteiger partial charge >= 0.3 is 0 Å². The number of nitrogens with zero attached hydrogens (tertiary/aromatic N) is 4. The molecule has 220 valence electrons. The molecule has 0 radical (unpaired) electrons. The summed E-state index contributed by atoms with van der Waals surface area (Å²) < 4.78 is 6.19. The molecule has 41 heavy (non-hydrogen) atoms. The van der Waals surface area contributed by atoms with Crippen LogP contribution in [0.2, 0.25) is 0 Å². The summed E-state index contributed by atoms with van der Waals surface area (Å²) in [6.07, 6.45) is 10.8. The number of amides is 2. The zero-order valence-corrected chi connectivity index (χ0v) is 25.4. The highest BCUT2D eigenvalue weighted by Crippen LogP contribution is 2.34. The van der Waals surface area contributed by atoms with Gasteiger partial charge in [-0.15, -0.1) is 0 Å². The number of ether oxygens (including phenoxy) is 1. The smallest absolute Gasteiger partial charge is 0.251 e. The van der Waals surface area contributed by atoms with Gasteiger partial charge in [-0.25, -0.2) is 0 Å². The lowest BCUT2D eigenvalue weighted by atomic mass is 9.87. The molecule has 1 saturated heterocycles. The van der Waals surface area contributed by atoms with E-state index >= 15 is 0 Å². The van der Waals surface area contributed by atoms with E-state index in [-0.39, 0.29) is 29.4 Å². The van der Waals surface area contributed by atoms with Crippen molar-refractivity contribution in [3.63, 3.8) is 0 Å². The summed E-state index contributed by atoms with van der Waals surface area (Å²) in [5.74, 6) is -0.537. The van der Waals surface area contributed by atoms with E-state index in [4.69, 9.17) is 4.74 Å². The molecular formula is C33H45N5O3. The van der Waals surface area contributed by atoms with Crippen LogP contribution in [0.15, 0.2) is 48.8 Å². The van der Waals surface area contributed by atoms with Gasteiger partial charge in [-0.3, -0.25) is 24.4 Å². The Labute approximate surface area is 245 Å². The lowest BCUT2D eigenvalue weighted by molar-refractivity contribution is -0.128. The van der Waals surface area contributed by atoms with Crippen molar-refractivity contribution in [2.75, 3.05) is 11.4 Å². The topological polar surface area (TPSA) is 98.6 Å². The fraction of sp³-hybridized carbons (Fsp3) is 0.576. The normalized spacial score (nSPS) is 20.8. The first-order valence-electron chi connectivity index (χ1n) is 14.9. The maximum Gasteiger partial charge on any atom is 0.251 e. The van der Waals surface area contributed by atoms with Crippen LogP contribution in [-0.4, -0.2) is 52.0 Å². The fourth-order valence-electron chi connectivity index (χ4n) is 5.90. The van der Waals surface area contributed by atoms with Crippen LogP contribution in [-0.2, 0) is 19.7 Å². The van der Waals surface area contributed by atoms with Gasteiger partial charge in [-0.2, -0.15) is 5.26 Å². The molecule has 4 rings (SSSR count). The highest BCUT2D eigenvalue weighted by Gasteiger charge is 2.44. The van der Waals surface area contributed by atoms with Crippen LogP contribution >= 0.6 is 0 Å². The second-order valence-corrected chi connectivity index (χ2v) is 13.4. The average molecular weight is 560 g/mol. The minimum atomic E-state index is -0.943. The van der Waals surface area contributed by atoms with Crippen LogP contribution in [0.5, 0.6) is 0 Å². The van der Waals surface area contributed by atoms with Crippen molar-refractivity contribution < 1.29 is 14.3 Å². The summed E-state index contributed by atoms with van der Waals surface area (Å²) in [7, 11) is 0. The Hall–Kier alpha value is -3.44. The number of aromatic nitrogens is 1. The Balaban J connectivity index is 1.77. The van der Waals surface area contributed by atoms with Gasteiger partial charge in [0.15, 0.2) is 6.19 Å². The first kappa shape index (κ1) is 30.5. The van der Waals surface area contributed by atoms with Crippen molar-refractivity contribution >= 4 is 17.5 Å². The molecule has 2 amide bonds. The molecule has 3 atom stereocenters. The number of carbonyl (C=O) groups is 2. The molecule has 8 nitrogen and oxygen atoms in total. The van der Waals surface area contributed by atoms with Gasteiger partial charge < -0.3 is 10.1 Å². The number of benzene rings is 1. The van der Waals surface area contributed by atoms with Gasteiger partial charge in [0.1, 0.15) is 12.1 Å². The monoisotopic (exact) mass is 559 g/mol. The lowest BCUT2D eigenvalue weighted by Gasteiger charge is -2.35. The van der Waals surface area contributed by atoms with Gasteiger partial charge in [0.05, 0.1) is 18.2 Å². The number of anilines is 1. The number of nitriles is 1. The maximum atomic E-state index is 14.6. The van der Waals surface area contributed by atoms with E-state index in [2.05, 4.69) is 37.3 Å². The third-order valence-corrected chi connectivity index (χ3v) is 7.90. The molecule has 1 aliphatic carbocycles. The number of likely N-dealkylation sites (tertiary alicyclic amines) is 1. The Kier molecular flexibility index (Phi) is 9.38. The number of hydrogen-bond acceptors (Lipinski definition) is 6. The standard InChI is InChI=1S/C33H45N5O3/c1-32(2,3)24-14-16-26(17-15-24)38(31(40)28-19-27(21-37(28)22-34)41-33(4,5)6)29(23-11-10-18-35-20-23)30(39)36-25-12-8-7-9-13-25/h10-11,14-18,20,25,27-29H,7-9,12-13,19,21H2,1-6H3,(H,36,39). The van der Waals surface area contributed by atoms with Gasteiger partial charge in [-0.05, 0) is 62.8 Å². The Morgan fingerprint density at radius 3 is 2.32 bits per heavy atom. The van der Waals surface area contributed by atoms with Crippen LogP contribution in [0.3, 0.4) is 0 Å². The molecule has 2 fully saturated rings. The van der Waals surface area contributed by atoms with E-state index in [9.17, 15) is 14.9 Å². The van der Waals surface area contributed by atoms with Crippen molar-refractivity contribution in [2.24, 2.45) is 0 Å². The Bertz CT molecular complexity index is 1220. The van der Waals surface area contributed by atoms with Gasteiger partial charge in [0.25, 0.3) is 5.91 Å². The zero-order chi connectivity index (χ0) is 29.8. The Morgan fingerprint density at radius 2 is 1.76 bits per heavy atom. The molecule has 1 N–H and O–H groups in total. The van der Waals surface area contributed by atoms with Crippen LogP contribution in [0.4, 0.5) is 5.69 Å². The molecule has 1 aromatic heterocycles. The number of nitrogens with one attached hydrogen (secondary N) is 1. The molecule has 2 heterocycles. The quantitative estimate of drug-likeness (QED) is 0.441. The minimum Gasteiger partial charge on any atom is -0.371 e. The number of hydrogen-bond donors (Lipinski definition) is 1. The van der Waals surface area contributed by atoms with E-state index < -0.39 is 17.7 Å². The highest BCUT2D eigenvalue weighted by molar-refractivity contribution is 6.04.